The molecule has 2 heterocycles. The Labute approximate surface area is 156 Å². The summed E-state index contributed by atoms with van der Waals surface area (Å²) in [6, 6.07) is 6.42. The number of aliphatic carboxylic acids is 1. The third-order valence-electron chi connectivity index (χ3n) is 4.86. The zero-order valence-corrected chi connectivity index (χ0v) is 15.3. The lowest BCUT2D eigenvalue weighted by molar-refractivity contribution is -0.138. The lowest BCUT2D eigenvalue weighted by atomic mass is 9.98. The van der Waals surface area contributed by atoms with Gasteiger partial charge in [-0.05, 0) is 18.1 Å². The number of benzene rings is 1. The smallest absolute Gasteiger partial charge is 0.324 e. The number of rotatable bonds is 6. The molecular weight excluding hydrogens is 350 g/mol. The third kappa shape index (κ3) is 3.71. The van der Waals surface area contributed by atoms with Crippen LogP contribution in [-0.2, 0) is 16.1 Å². The van der Waals surface area contributed by atoms with Crippen LogP contribution in [0.5, 0.6) is 0 Å². The van der Waals surface area contributed by atoms with Gasteiger partial charge in [0, 0.05) is 13.1 Å². The molecule has 3 N–H and O–H groups in total. The van der Waals surface area contributed by atoms with Crippen LogP contribution in [0, 0.1) is 5.92 Å². The van der Waals surface area contributed by atoms with E-state index in [1.54, 1.807) is 0 Å². The van der Waals surface area contributed by atoms with Crippen LogP contribution in [0.3, 0.4) is 0 Å². The maximum absolute atomic E-state index is 12.8. The molecule has 0 unspecified atom stereocenters. The second kappa shape index (κ2) is 7.65. The van der Waals surface area contributed by atoms with Crippen molar-refractivity contribution >= 4 is 34.9 Å². The summed E-state index contributed by atoms with van der Waals surface area (Å²) in [5.74, 6) is -1.25. The van der Waals surface area contributed by atoms with E-state index in [1.807, 2.05) is 42.7 Å². The van der Waals surface area contributed by atoms with Gasteiger partial charge >= 0.3 is 12.0 Å². The van der Waals surface area contributed by atoms with Gasteiger partial charge in [-0.15, -0.1) is 0 Å². The van der Waals surface area contributed by atoms with Gasteiger partial charge in [0.25, 0.3) is 0 Å². The molecule has 0 saturated carbocycles. The van der Waals surface area contributed by atoms with Gasteiger partial charge in [-0.25, -0.2) is 9.78 Å². The van der Waals surface area contributed by atoms with E-state index in [4.69, 9.17) is 5.11 Å². The zero-order valence-electron chi connectivity index (χ0n) is 15.3. The predicted molar refractivity (Wildman–Crippen MR) is 99.5 cm³/mol. The van der Waals surface area contributed by atoms with Crippen molar-refractivity contribution in [2.24, 2.45) is 5.92 Å². The summed E-state index contributed by atoms with van der Waals surface area (Å²) in [6.07, 6.45) is 0.657. The van der Waals surface area contributed by atoms with Crippen LogP contribution in [0.1, 0.15) is 20.3 Å². The molecule has 9 nitrogen and oxygen atoms in total. The molecule has 0 saturated heterocycles. The van der Waals surface area contributed by atoms with Crippen molar-refractivity contribution in [3.63, 3.8) is 0 Å². The maximum Gasteiger partial charge on any atom is 0.324 e. The Kier molecular flexibility index (Phi) is 5.29. The van der Waals surface area contributed by atoms with Crippen molar-refractivity contribution in [1.82, 2.24) is 20.2 Å². The van der Waals surface area contributed by atoms with E-state index in [-0.39, 0.29) is 5.92 Å². The Balaban J connectivity index is 1.77. The van der Waals surface area contributed by atoms with Gasteiger partial charge in [-0.3, -0.25) is 14.5 Å². The van der Waals surface area contributed by atoms with Crippen molar-refractivity contribution in [2.45, 2.75) is 32.9 Å². The summed E-state index contributed by atoms with van der Waals surface area (Å²) in [4.78, 5) is 41.9. The SMILES string of the molecule is CC[C@@H](C)[C@H](NC(=O)N1CCn2c1nc1ccccc12)C(=O)NCC(=O)O. The Morgan fingerprint density at radius 1 is 1.26 bits per heavy atom. The van der Waals surface area contributed by atoms with Crippen molar-refractivity contribution in [3.05, 3.63) is 24.3 Å². The fourth-order valence-electron chi connectivity index (χ4n) is 3.17. The largest absolute Gasteiger partial charge is 0.480 e. The highest BCUT2D eigenvalue weighted by molar-refractivity contribution is 5.97. The number of carbonyl (C=O) groups is 3. The first kappa shape index (κ1) is 18.7. The first-order valence-corrected chi connectivity index (χ1v) is 8.95. The van der Waals surface area contributed by atoms with Gasteiger partial charge in [0.1, 0.15) is 12.6 Å². The first-order chi connectivity index (χ1) is 12.9. The Bertz CT molecular complexity index is 878. The van der Waals surface area contributed by atoms with E-state index in [0.717, 1.165) is 11.0 Å². The molecule has 1 aromatic carbocycles. The summed E-state index contributed by atoms with van der Waals surface area (Å²) in [5.41, 5.74) is 1.77. The number of urea groups is 1. The van der Waals surface area contributed by atoms with Gasteiger partial charge in [0.2, 0.25) is 11.9 Å². The third-order valence-corrected chi connectivity index (χ3v) is 4.86. The van der Waals surface area contributed by atoms with Crippen LogP contribution >= 0.6 is 0 Å². The highest BCUT2D eigenvalue weighted by Gasteiger charge is 2.32. The highest BCUT2D eigenvalue weighted by Crippen LogP contribution is 2.27. The number of nitrogens with zero attached hydrogens (tertiary/aromatic N) is 3. The number of fused-ring (bicyclic) bond motifs is 3. The molecule has 1 aromatic heterocycles. The average Bonchev–Trinajstić information content (AvgIpc) is 3.22. The molecule has 0 radical (unpaired) electrons. The number of carbonyl (C=O) groups excluding carboxylic acids is 2. The number of anilines is 1. The van der Waals surface area contributed by atoms with E-state index in [0.29, 0.717) is 25.5 Å². The lowest BCUT2D eigenvalue weighted by Crippen LogP contribution is -2.54. The lowest BCUT2D eigenvalue weighted by Gasteiger charge is -2.25. The van der Waals surface area contributed by atoms with E-state index in [2.05, 4.69) is 15.6 Å². The number of amides is 3. The van der Waals surface area contributed by atoms with E-state index in [1.165, 1.54) is 4.90 Å². The number of nitrogens with one attached hydrogen (secondary N) is 2. The van der Waals surface area contributed by atoms with Crippen LogP contribution < -0.4 is 15.5 Å². The topological polar surface area (TPSA) is 117 Å². The number of imidazole rings is 1. The number of hydrogen-bond donors (Lipinski definition) is 3. The summed E-state index contributed by atoms with van der Waals surface area (Å²) >= 11 is 0. The molecule has 2 atom stereocenters. The summed E-state index contributed by atoms with van der Waals surface area (Å²) in [6.45, 7) is 4.35. The minimum Gasteiger partial charge on any atom is -0.480 e. The van der Waals surface area contributed by atoms with Crippen molar-refractivity contribution in [2.75, 3.05) is 18.0 Å². The molecular formula is C18H23N5O4. The standard InChI is InChI=1S/C18H23N5O4/c1-3-11(2)15(16(26)19-10-14(24)25)21-18(27)23-9-8-22-13-7-5-4-6-12(13)20-17(22)23/h4-7,11,15H,3,8-10H2,1-2H3,(H,19,26)(H,21,27)(H,24,25)/t11-,15+/m1/s1. The molecule has 27 heavy (non-hydrogen) atoms. The molecule has 1 aliphatic heterocycles. The maximum atomic E-state index is 12.8. The normalized spacial score (nSPS) is 15.3. The number of hydrogen-bond acceptors (Lipinski definition) is 4. The van der Waals surface area contributed by atoms with Crippen LogP contribution in [0.4, 0.5) is 10.7 Å². The van der Waals surface area contributed by atoms with Gasteiger partial charge in [0.15, 0.2) is 0 Å². The zero-order chi connectivity index (χ0) is 19.6. The fraction of sp³-hybridized carbons (Fsp3) is 0.444. The number of carboxylic acid groups (broad SMARTS) is 1. The molecule has 2 aromatic rings. The fourth-order valence-corrected chi connectivity index (χ4v) is 3.17. The summed E-state index contributed by atoms with van der Waals surface area (Å²) in [7, 11) is 0. The molecule has 144 valence electrons. The molecule has 0 aliphatic carbocycles. The van der Waals surface area contributed by atoms with E-state index < -0.39 is 30.5 Å². The Hall–Kier alpha value is -3.10. The average molecular weight is 373 g/mol. The van der Waals surface area contributed by atoms with Crippen LogP contribution in [0.25, 0.3) is 11.0 Å². The van der Waals surface area contributed by atoms with Gasteiger partial charge < -0.3 is 20.3 Å². The molecule has 1 aliphatic rings. The Morgan fingerprint density at radius 3 is 2.70 bits per heavy atom. The van der Waals surface area contributed by atoms with E-state index >= 15 is 0 Å². The Morgan fingerprint density at radius 2 is 2.00 bits per heavy atom. The van der Waals surface area contributed by atoms with Gasteiger partial charge in [-0.2, -0.15) is 0 Å². The minimum atomic E-state index is -1.13. The van der Waals surface area contributed by atoms with Crippen LogP contribution in [0.15, 0.2) is 24.3 Å². The van der Waals surface area contributed by atoms with Crippen molar-refractivity contribution in [3.8, 4) is 0 Å². The number of carboxylic acids is 1. The molecule has 0 bridgehead atoms. The molecule has 0 spiro atoms. The highest BCUT2D eigenvalue weighted by atomic mass is 16.4. The van der Waals surface area contributed by atoms with Crippen molar-refractivity contribution < 1.29 is 19.5 Å². The summed E-state index contributed by atoms with van der Waals surface area (Å²) < 4.78 is 1.97. The first-order valence-electron chi connectivity index (χ1n) is 8.95. The predicted octanol–water partition coefficient (Wildman–Crippen LogP) is 1.18. The van der Waals surface area contributed by atoms with Crippen molar-refractivity contribution in [1.29, 1.82) is 0 Å². The summed E-state index contributed by atoms with van der Waals surface area (Å²) in [5, 5.41) is 13.8. The quantitative estimate of drug-likeness (QED) is 0.703. The van der Waals surface area contributed by atoms with Crippen LogP contribution in [-0.4, -0.2) is 51.7 Å². The van der Waals surface area contributed by atoms with Gasteiger partial charge in [0.05, 0.1) is 11.0 Å². The molecule has 3 rings (SSSR count). The number of aromatic nitrogens is 2. The monoisotopic (exact) mass is 373 g/mol. The molecule has 9 heteroatoms. The van der Waals surface area contributed by atoms with E-state index in [9.17, 15) is 14.4 Å². The second-order valence-electron chi connectivity index (χ2n) is 6.63. The molecule has 0 fully saturated rings. The number of para-hydroxylation sites is 2. The van der Waals surface area contributed by atoms with Crippen LogP contribution in [0.2, 0.25) is 0 Å². The van der Waals surface area contributed by atoms with Gasteiger partial charge in [-0.1, -0.05) is 32.4 Å². The minimum absolute atomic E-state index is 0.149. The second-order valence-corrected chi connectivity index (χ2v) is 6.63. The molecule has 3 amide bonds.